The van der Waals surface area contributed by atoms with Crippen LogP contribution in [0.2, 0.25) is 0 Å². The van der Waals surface area contributed by atoms with Gasteiger partial charge in [0.05, 0.1) is 11.3 Å². The molecule has 0 N–H and O–H groups in total. The van der Waals surface area contributed by atoms with E-state index in [0.717, 1.165) is 22.9 Å². The molecule has 0 saturated carbocycles. The number of aryl methyl sites for hydroxylation is 1. The number of ether oxygens (including phenoxy) is 1. The number of rotatable bonds is 4. The zero-order chi connectivity index (χ0) is 18.1. The van der Waals surface area contributed by atoms with Gasteiger partial charge < -0.3 is 13.7 Å². The molecular weight excluding hydrogens is 328 g/mol. The Morgan fingerprint density at radius 3 is 2.77 bits per heavy atom. The minimum atomic E-state index is -0.364. The quantitative estimate of drug-likeness (QED) is 0.531. The third-order valence-electron chi connectivity index (χ3n) is 4.29. The Morgan fingerprint density at radius 1 is 1.15 bits per heavy atom. The van der Waals surface area contributed by atoms with Gasteiger partial charge in [-0.2, -0.15) is 0 Å². The van der Waals surface area contributed by atoms with Crippen molar-refractivity contribution < 1.29 is 9.53 Å². The van der Waals surface area contributed by atoms with Crippen LogP contribution < -0.4 is 0 Å². The highest BCUT2D eigenvalue weighted by Crippen LogP contribution is 2.20. The predicted octanol–water partition coefficient (Wildman–Crippen LogP) is 3.49. The molecule has 6 heteroatoms. The lowest BCUT2D eigenvalue weighted by molar-refractivity contribution is 0.0467. The molecule has 0 radical (unpaired) electrons. The molecular formula is C20H18N4O2. The maximum absolute atomic E-state index is 12.6. The third kappa shape index (κ3) is 2.86. The first kappa shape index (κ1) is 16.1. The summed E-state index contributed by atoms with van der Waals surface area (Å²) in [6.45, 7) is 3.97. The summed E-state index contributed by atoms with van der Waals surface area (Å²) in [5.74, 6) is 0.416. The summed E-state index contributed by atoms with van der Waals surface area (Å²) in [4.78, 5) is 21.4. The van der Waals surface area contributed by atoms with Crippen molar-refractivity contribution in [3.63, 3.8) is 0 Å². The Labute approximate surface area is 150 Å². The fourth-order valence-electron chi connectivity index (χ4n) is 3.08. The molecule has 0 bridgehead atoms. The molecule has 4 rings (SSSR count). The van der Waals surface area contributed by atoms with Gasteiger partial charge in [-0.3, -0.25) is 0 Å². The zero-order valence-electron chi connectivity index (χ0n) is 14.6. The lowest BCUT2D eigenvalue weighted by atomic mass is 10.2. The first-order valence-electron chi connectivity index (χ1n) is 8.33. The van der Waals surface area contributed by atoms with Crippen LogP contribution in [0.3, 0.4) is 0 Å². The lowest BCUT2D eigenvalue weighted by Crippen LogP contribution is -2.08. The van der Waals surface area contributed by atoms with E-state index in [4.69, 9.17) is 4.74 Å². The second-order valence-electron chi connectivity index (χ2n) is 6.08. The number of nitrogens with zero attached hydrogens (tertiary/aromatic N) is 4. The van der Waals surface area contributed by atoms with Crippen LogP contribution >= 0.6 is 0 Å². The van der Waals surface area contributed by atoms with E-state index in [1.54, 1.807) is 6.20 Å². The summed E-state index contributed by atoms with van der Waals surface area (Å²) in [5, 5.41) is 0. The Kier molecular flexibility index (Phi) is 4.01. The van der Waals surface area contributed by atoms with Gasteiger partial charge in [-0.25, -0.2) is 14.8 Å². The molecule has 0 aliphatic heterocycles. The van der Waals surface area contributed by atoms with Crippen LogP contribution in [0, 0.1) is 13.8 Å². The Bertz CT molecular complexity index is 1050. The van der Waals surface area contributed by atoms with E-state index in [1.807, 2.05) is 77.7 Å². The molecule has 0 amide bonds. The van der Waals surface area contributed by atoms with Crippen molar-refractivity contribution in [3.8, 4) is 5.82 Å². The van der Waals surface area contributed by atoms with Gasteiger partial charge in [0.2, 0.25) is 0 Å². The van der Waals surface area contributed by atoms with E-state index in [1.165, 1.54) is 0 Å². The SMILES string of the molecule is Cc1cc(C(=O)OCc2cn3ccccc3n2)c(C)n1-c1ccccn1. The molecule has 0 aromatic carbocycles. The number of fused-ring (bicyclic) bond motifs is 1. The zero-order valence-corrected chi connectivity index (χ0v) is 14.6. The Morgan fingerprint density at radius 2 is 2.00 bits per heavy atom. The van der Waals surface area contributed by atoms with E-state index >= 15 is 0 Å². The van der Waals surface area contributed by atoms with Crippen molar-refractivity contribution in [2.24, 2.45) is 0 Å². The number of aromatic nitrogens is 4. The van der Waals surface area contributed by atoms with Gasteiger partial charge in [-0.15, -0.1) is 0 Å². The van der Waals surface area contributed by atoms with Crippen molar-refractivity contribution >= 4 is 11.6 Å². The second-order valence-corrected chi connectivity index (χ2v) is 6.08. The van der Waals surface area contributed by atoms with E-state index in [2.05, 4.69) is 9.97 Å². The summed E-state index contributed by atoms with van der Waals surface area (Å²) in [6.07, 6.45) is 5.50. The smallest absolute Gasteiger partial charge is 0.340 e. The second kappa shape index (κ2) is 6.48. The van der Waals surface area contributed by atoms with E-state index in [-0.39, 0.29) is 12.6 Å². The number of pyridine rings is 2. The molecule has 0 aliphatic carbocycles. The largest absolute Gasteiger partial charge is 0.455 e. The van der Waals surface area contributed by atoms with Crippen molar-refractivity contribution in [1.29, 1.82) is 0 Å². The van der Waals surface area contributed by atoms with Crippen LogP contribution in [0.5, 0.6) is 0 Å². The number of carbonyl (C=O) groups is 1. The minimum absolute atomic E-state index is 0.133. The molecule has 0 saturated heterocycles. The minimum Gasteiger partial charge on any atom is -0.455 e. The maximum Gasteiger partial charge on any atom is 0.340 e. The molecule has 0 unspecified atom stereocenters. The highest BCUT2D eigenvalue weighted by Gasteiger charge is 2.18. The van der Waals surface area contributed by atoms with Crippen LogP contribution in [-0.4, -0.2) is 24.9 Å². The van der Waals surface area contributed by atoms with Crippen molar-refractivity contribution in [2.45, 2.75) is 20.5 Å². The summed E-state index contributed by atoms with van der Waals surface area (Å²) < 4.78 is 9.33. The van der Waals surface area contributed by atoms with E-state index < -0.39 is 0 Å². The molecule has 4 aromatic rings. The fraction of sp³-hybridized carbons (Fsp3) is 0.150. The number of hydrogen-bond acceptors (Lipinski definition) is 4. The van der Waals surface area contributed by atoms with Gasteiger partial charge >= 0.3 is 5.97 Å². The molecule has 0 fully saturated rings. The van der Waals surface area contributed by atoms with E-state index in [9.17, 15) is 4.79 Å². The third-order valence-corrected chi connectivity index (χ3v) is 4.29. The molecule has 6 nitrogen and oxygen atoms in total. The summed E-state index contributed by atoms with van der Waals surface area (Å²) in [6, 6.07) is 13.3. The van der Waals surface area contributed by atoms with Crippen molar-refractivity contribution in [3.05, 3.63) is 83.7 Å². The van der Waals surface area contributed by atoms with Gasteiger partial charge in [0.15, 0.2) is 0 Å². The average molecular weight is 346 g/mol. The fourth-order valence-corrected chi connectivity index (χ4v) is 3.08. The molecule has 130 valence electrons. The molecule has 26 heavy (non-hydrogen) atoms. The molecule has 4 aromatic heterocycles. The molecule has 0 atom stereocenters. The molecule has 0 spiro atoms. The van der Waals surface area contributed by atoms with Gasteiger partial charge in [-0.1, -0.05) is 12.1 Å². The number of carbonyl (C=O) groups excluding carboxylic acids is 1. The summed E-state index contributed by atoms with van der Waals surface area (Å²) >= 11 is 0. The normalized spacial score (nSPS) is 11.0. The highest BCUT2D eigenvalue weighted by atomic mass is 16.5. The van der Waals surface area contributed by atoms with Crippen LogP contribution in [0.15, 0.2) is 61.1 Å². The first-order chi connectivity index (χ1) is 12.6. The van der Waals surface area contributed by atoms with Crippen LogP contribution in [-0.2, 0) is 11.3 Å². The Hall–Kier alpha value is -3.41. The van der Waals surface area contributed by atoms with Crippen LogP contribution in [0.4, 0.5) is 0 Å². The van der Waals surface area contributed by atoms with Crippen molar-refractivity contribution in [1.82, 2.24) is 18.9 Å². The topological polar surface area (TPSA) is 61.4 Å². The number of esters is 1. The summed E-state index contributed by atoms with van der Waals surface area (Å²) in [5.41, 5.74) is 3.81. The van der Waals surface area contributed by atoms with Gasteiger partial charge in [-0.05, 0) is 44.2 Å². The van der Waals surface area contributed by atoms with Gasteiger partial charge in [0.25, 0.3) is 0 Å². The van der Waals surface area contributed by atoms with Crippen LogP contribution in [0.25, 0.3) is 11.5 Å². The van der Waals surface area contributed by atoms with E-state index in [0.29, 0.717) is 11.3 Å². The number of imidazole rings is 1. The van der Waals surface area contributed by atoms with Crippen molar-refractivity contribution in [2.75, 3.05) is 0 Å². The highest BCUT2D eigenvalue weighted by molar-refractivity contribution is 5.91. The monoisotopic (exact) mass is 346 g/mol. The average Bonchev–Trinajstić information content (AvgIpc) is 3.20. The Balaban J connectivity index is 1.55. The predicted molar refractivity (Wildman–Crippen MR) is 97.3 cm³/mol. The number of hydrogen-bond donors (Lipinski definition) is 0. The lowest BCUT2D eigenvalue weighted by Gasteiger charge is -2.08. The van der Waals surface area contributed by atoms with Gasteiger partial charge in [0, 0.05) is 30.0 Å². The maximum atomic E-state index is 12.6. The molecule has 4 heterocycles. The van der Waals surface area contributed by atoms with Crippen LogP contribution in [0.1, 0.15) is 27.4 Å². The van der Waals surface area contributed by atoms with Gasteiger partial charge in [0.1, 0.15) is 18.1 Å². The summed E-state index contributed by atoms with van der Waals surface area (Å²) in [7, 11) is 0. The standard InChI is InChI=1S/C20H18N4O2/c1-14-11-17(15(2)24(14)18-7-3-5-9-21-18)20(25)26-13-16-12-23-10-6-4-8-19(23)22-16/h3-12H,13H2,1-2H3. The first-order valence-corrected chi connectivity index (χ1v) is 8.33. The molecule has 0 aliphatic rings.